The third-order valence-corrected chi connectivity index (χ3v) is 10.5. The molecule has 0 radical (unpaired) electrons. The van der Waals surface area contributed by atoms with Gasteiger partial charge in [0.1, 0.15) is 23.6 Å². The average molecular weight is 808 g/mol. The smallest absolute Gasteiger partial charge is 0.395 e. The van der Waals surface area contributed by atoms with Crippen LogP contribution >= 0.6 is 0 Å². The fourth-order valence-corrected chi connectivity index (χ4v) is 7.21. The topological polar surface area (TPSA) is 204 Å². The van der Waals surface area contributed by atoms with E-state index in [2.05, 4.69) is 30.4 Å². The number of nitrogens with one attached hydrogen (secondary N) is 3. The van der Waals surface area contributed by atoms with E-state index >= 15 is 4.39 Å². The Labute approximate surface area is 330 Å². The number of aromatic nitrogens is 3. The number of nitrogens with zero attached hydrogens (tertiary/aromatic N) is 3. The molecule has 0 bridgehead atoms. The summed E-state index contributed by atoms with van der Waals surface area (Å²) in [6.07, 6.45) is -1.74. The molecule has 5 aromatic rings. The van der Waals surface area contributed by atoms with Crippen molar-refractivity contribution in [3.05, 3.63) is 77.4 Å². The van der Waals surface area contributed by atoms with E-state index in [-0.39, 0.29) is 49.0 Å². The maximum absolute atomic E-state index is 15.8. The number of carbonyl (C=O) groups excluding carboxylic acids is 3. The van der Waals surface area contributed by atoms with E-state index in [4.69, 9.17) is 10.5 Å². The molecular weight excluding hydrogens is 763 g/mol. The van der Waals surface area contributed by atoms with Gasteiger partial charge >= 0.3 is 6.29 Å². The first-order valence-electron chi connectivity index (χ1n) is 18.7. The monoisotopic (exact) mass is 807 g/mol. The second-order valence-corrected chi connectivity index (χ2v) is 15.1. The molecule has 3 aromatic heterocycles. The van der Waals surface area contributed by atoms with E-state index < -0.39 is 40.9 Å². The van der Waals surface area contributed by atoms with Gasteiger partial charge in [-0.3, -0.25) is 9.59 Å². The van der Waals surface area contributed by atoms with Crippen molar-refractivity contribution in [3.8, 4) is 11.5 Å². The largest absolute Gasteiger partial charge is 0.586 e. The second-order valence-electron chi connectivity index (χ2n) is 15.1. The highest BCUT2D eigenvalue weighted by Crippen LogP contribution is 2.52. The average Bonchev–Trinajstić information content (AvgIpc) is 3.70. The molecule has 15 nitrogen and oxygen atoms in total. The summed E-state index contributed by atoms with van der Waals surface area (Å²) in [6, 6.07) is 12.2. The van der Waals surface area contributed by atoms with Gasteiger partial charge in [0.05, 0.1) is 61.2 Å². The molecule has 1 aliphatic carbocycles. The molecule has 2 aromatic carbocycles. The number of anilines is 2. The van der Waals surface area contributed by atoms with Crippen molar-refractivity contribution in [2.24, 2.45) is 5.73 Å². The summed E-state index contributed by atoms with van der Waals surface area (Å²) in [5.41, 5.74) is 5.82. The number of amides is 2. The minimum Gasteiger partial charge on any atom is -0.395 e. The maximum Gasteiger partial charge on any atom is 0.586 e. The van der Waals surface area contributed by atoms with E-state index in [1.807, 2.05) is 13.8 Å². The van der Waals surface area contributed by atoms with Crippen LogP contribution in [0.15, 0.2) is 54.7 Å². The van der Waals surface area contributed by atoms with E-state index in [0.29, 0.717) is 78.2 Å². The van der Waals surface area contributed by atoms with E-state index in [9.17, 15) is 33.4 Å². The third kappa shape index (κ3) is 8.18. The predicted molar refractivity (Wildman–Crippen MR) is 207 cm³/mol. The molecule has 308 valence electrons. The Hall–Kier alpha value is -5.69. The van der Waals surface area contributed by atoms with Crippen molar-refractivity contribution in [2.45, 2.75) is 63.0 Å². The number of primary amides is 1. The minimum absolute atomic E-state index is 0.0644. The van der Waals surface area contributed by atoms with Gasteiger partial charge in [-0.15, -0.1) is 8.78 Å². The summed E-state index contributed by atoms with van der Waals surface area (Å²) in [5, 5.41) is 31.6. The van der Waals surface area contributed by atoms with Crippen LogP contribution in [0.1, 0.15) is 48.3 Å². The zero-order chi connectivity index (χ0) is 41.4. The molecule has 1 atom stereocenters. The fraction of sp³-hybridized carbons (Fsp3) is 0.400. The summed E-state index contributed by atoms with van der Waals surface area (Å²) >= 11 is 0. The van der Waals surface area contributed by atoms with Gasteiger partial charge in [0.2, 0.25) is 11.8 Å². The zero-order valence-corrected chi connectivity index (χ0v) is 31.8. The summed E-state index contributed by atoms with van der Waals surface area (Å²) < 4.78 is 61.2. The first kappa shape index (κ1) is 40.5. The van der Waals surface area contributed by atoms with E-state index in [0.717, 1.165) is 6.29 Å². The molecule has 2 aliphatic rings. The van der Waals surface area contributed by atoms with Gasteiger partial charge in [-0.2, -0.15) is 0 Å². The number of rotatable bonds is 19. The van der Waals surface area contributed by atoms with Crippen molar-refractivity contribution < 1.29 is 52.0 Å². The number of hydrogen-bond acceptors (Lipinski definition) is 11. The fourth-order valence-electron chi connectivity index (χ4n) is 7.21. The molecule has 0 spiro atoms. The number of alkyl halides is 2. The van der Waals surface area contributed by atoms with Crippen LogP contribution in [0.3, 0.4) is 0 Å². The van der Waals surface area contributed by atoms with Gasteiger partial charge in [0.15, 0.2) is 11.5 Å². The van der Waals surface area contributed by atoms with Crippen LogP contribution in [-0.2, 0) is 38.2 Å². The Morgan fingerprint density at radius 1 is 1.05 bits per heavy atom. The predicted octanol–water partition coefficient (Wildman–Crippen LogP) is 3.77. The summed E-state index contributed by atoms with van der Waals surface area (Å²) in [5.74, 6) is -1.50. The van der Waals surface area contributed by atoms with Gasteiger partial charge in [-0.05, 0) is 54.8 Å². The van der Waals surface area contributed by atoms with E-state index in [1.165, 1.54) is 36.5 Å². The lowest BCUT2D eigenvalue weighted by Crippen LogP contribution is -2.34. The second kappa shape index (κ2) is 15.9. The molecule has 2 amide bonds. The standard InChI is InChI=1S/C40H44F3N7O8/c1-38(2,22-52)33-15-23-14-29(48-37(55)39(5-6-39)26-3-4-31-32(17-26)58-40(42,43)57-31)28(41)18-30(23)50(33)21-27(53)20-45-7-11-56-12-8-46-34-16-24-13-25(35(44)54)19-47-36(24)49(34)9-10-51/h3-4,10,13-19,27,45-46,52-53H,5-9,11-12,20-22H2,1-2H3,(H2,44,54)(H,48,55)/t27-/m0/s1. The summed E-state index contributed by atoms with van der Waals surface area (Å²) in [7, 11) is 0. The van der Waals surface area contributed by atoms with Crippen molar-refractivity contribution in [3.63, 3.8) is 0 Å². The van der Waals surface area contributed by atoms with Crippen molar-refractivity contribution in [2.75, 3.05) is 50.1 Å². The minimum atomic E-state index is -3.80. The van der Waals surface area contributed by atoms with Crippen LogP contribution < -0.4 is 31.2 Å². The lowest BCUT2D eigenvalue weighted by Gasteiger charge is -2.26. The molecule has 18 heteroatoms. The highest BCUT2D eigenvalue weighted by atomic mass is 19.3. The number of aliphatic hydroxyl groups is 2. The molecule has 0 saturated heterocycles. The number of nitrogens with two attached hydrogens (primary N) is 1. The first-order chi connectivity index (χ1) is 27.6. The Bertz CT molecular complexity index is 2380. The highest BCUT2D eigenvalue weighted by Gasteiger charge is 2.53. The highest BCUT2D eigenvalue weighted by molar-refractivity contribution is 6.03. The molecule has 1 aliphatic heterocycles. The zero-order valence-electron chi connectivity index (χ0n) is 31.8. The number of ether oxygens (including phenoxy) is 3. The molecule has 4 heterocycles. The van der Waals surface area contributed by atoms with Crippen LogP contribution in [-0.4, -0.2) is 94.3 Å². The van der Waals surface area contributed by atoms with Crippen LogP contribution in [0.4, 0.5) is 24.7 Å². The number of aldehydes is 1. The lowest BCUT2D eigenvalue weighted by atomic mass is 9.90. The number of hydrogen-bond donors (Lipinski definition) is 6. The van der Waals surface area contributed by atoms with Crippen LogP contribution in [0.2, 0.25) is 0 Å². The molecular formula is C40H44F3N7O8. The molecule has 0 unspecified atom stereocenters. The molecule has 1 saturated carbocycles. The maximum atomic E-state index is 15.8. The van der Waals surface area contributed by atoms with Crippen LogP contribution in [0, 0.1) is 5.82 Å². The number of carbonyl (C=O) groups is 3. The Morgan fingerprint density at radius 3 is 2.53 bits per heavy atom. The van der Waals surface area contributed by atoms with Crippen molar-refractivity contribution >= 4 is 51.5 Å². The van der Waals surface area contributed by atoms with Gasteiger partial charge in [0.25, 0.3) is 0 Å². The Balaban J connectivity index is 0.938. The molecule has 1 fully saturated rings. The van der Waals surface area contributed by atoms with Gasteiger partial charge in [0, 0.05) is 53.8 Å². The van der Waals surface area contributed by atoms with E-state index in [1.54, 1.807) is 27.3 Å². The number of halogens is 3. The van der Waals surface area contributed by atoms with Crippen LogP contribution in [0.25, 0.3) is 21.9 Å². The Morgan fingerprint density at radius 2 is 1.81 bits per heavy atom. The number of pyridine rings is 1. The summed E-state index contributed by atoms with van der Waals surface area (Å²) in [6.45, 7) is 5.23. The van der Waals surface area contributed by atoms with Gasteiger partial charge in [-0.25, -0.2) is 9.37 Å². The number of benzene rings is 2. The van der Waals surface area contributed by atoms with Crippen LogP contribution in [0.5, 0.6) is 11.5 Å². The lowest BCUT2D eigenvalue weighted by molar-refractivity contribution is -0.286. The molecule has 58 heavy (non-hydrogen) atoms. The molecule has 7 N–H and O–H groups in total. The number of fused-ring (bicyclic) bond motifs is 3. The summed E-state index contributed by atoms with van der Waals surface area (Å²) in [4.78, 5) is 40.7. The molecule has 7 rings (SSSR count). The van der Waals surface area contributed by atoms with Gasteiger partial charge in [-0.1, -0.05) is 19.9 Å². The SMILES string of the molecule is CC(C)(CO)c1cc2cc(NC(=O)C3(c4ccc5c(c4)OC(F)(F)O5)CC3)c(F)cc2n1C[C@@H](O)CNCCOCCNc1cc2cc(C(N)=O)cnc2n1CC=O. The van der Waals surface area contributed by atoms with Gasteiger partial charge < -0.3 is 60.0 Å². The van der Waals surface area contributed by atoms with Crippen molar-refractivity contribution in [1.29, 1.82) is 0 Å². The Kier molecular flexibility index (Phi) is 11.1. The van der Waals surface area contributed by atoms with Crippen molar-refractivity contribution in [1.82, 2.24) is 19.4 Å². The third-order valence-electron chi connectivity index (χ3n) is 10.5. The number of aliphatic hydroxyl groups excluding tert-OH is 2. The normalized spacial score (nSPS) is 15.8. The quantitative estimate of drug-likeness (QED) is 0.0524. The first-order valence-corrected chi connectivity index (χ1v) is 18.7.